The van der Waals surface area contributed by atoms with Crippen LogP contribution in [0.3, 0.4) is 0 Å². The van der Waals surface area contributed by atoms with Gasteiger partial charge in [0.15, 0.2) is 17.3 Å². The van der Waals surface area contributed by atoms with Gasteiger partial charge in [0, 0.05) is 6.42 Å². The molecule has 1 aromatic rings. The molecule has 4 heteroatoms. The van der Waals surface area contributed by atoms with E-state index in [4.69, 9.17) is 9.47 Å². The highest BCUT2D eigenvalue weighted by molar-refractivity contribution is 5.43. The van der Waals surface area contributed by atoms with E-state index in [1.807, 2.05) is 6.92 Å². The molecule has 0 bridgehead atoms. The van der Waals surface area contributed by atoms with Gasteiger partial charge in [0.1, 0.15) is 0 Å². The summed E-state index contributed by atoms with van der Waals surface area (Å²) in [5.41, 5.74) is 1.64. The van der Waals surface area contributed by atoms with E-state index >= 15 is 0 Å². The number of alkyl halides is 1. The number of halogens is 2. The van der Waals surface area contributed by atoms with Crippen LogP contribution in [0.1, 0.15) is 18.9 Å². The second kappa shape index (κ2) is 5.03. The fourth-order valence-corrected chi connectivity index (χ4v) is 1.88. The Labute approximate surface area is 111 Å². The molecule has 0 heterocycles. The number of hydrogen-bond donors (Lipinski definition) is 0. The largest absolute Gasteiger partial charge is 0.493 e. The van der Waals surface area contributed by atoms with Crippen molar-refractivity contribution in [1.82, 2.24) is 0 Å². The lowest BCUT2D eigenvalue weighted by Crippen LogP contribution is -2.32. The van der Waals surface area contributed by atoms with Crippen molar-refractivity contribution in [2.45, 2.75) is 26.1 Å². The van der Waals surface area contributed by atoms with Crippen LogP contribution in [0.4, 0.5) is 8.78 Å². The molecular weight excluding hydrogens is 250 g/mol. The van der Waals surface area contributed by atoms with Crippen molar-refractivity contribution >= 4 is 0 Å². The lowest BCUT2D eigenvalue weighted by Gasteiger charge is -2.27. The quantitative estimate of drug-likeness (QED) is 0.814. The fourth-order valence-electron chi connectivity index (χ4n) is 1.88. The molecular formula is C15H16F2O2. The summed E-state index contributed by atoms with van der Waals surface area (Å²) in [5.74, 6) is -2.81. The number of rotatable bonds is 3. The topological polar surface area (TPSA) is 18.5 Å². The summed E-state index contributed by atoms with van der Waals surface area (Å²) in [5, 5.41) is 0. The van der Waals surface area contributed by atoms with Gasteiger partial charge in [0.05, 0.1) is 7.11 Å². The molecule has 1 aliphatic rings. The first kappa shape index (κ1) is 13.6. The molecule has 1 atom stereocenters. The Morgan fingerprint density at radius 2 is 1.95 bits per heavy atom. The average molecular weight is 266 g/mol. The highest BCUT2D eigenvalue weighted by Crippen LogP contribution is 2.39. The number of methoxy groups -OCH3 is 1. The highest BCUT2D eigenvalue weighted by atomic mass is 19.2. The van der Waals surface area contributed by atoms with Crippen LogP contribution >= 0.6 is 0 Å². The van der Waals surface area contributed by atoms with Crippen LogP contribution < -0.4 is 9.47 Å². The van der Waals surface area contributed by atoms with Gasteiger partial charge in [-0.05, 0) is 37.6 Å². The predicted molar refractivity (Wildman–Crippen MR) is 69.8 cm³/mol. The van der Waals surface area contributed by atoms with Crippen LogP contribution in [-0.2, 0) is 0 Å². The summed E-state index contributed by atoms with van der Waals surface area (Å²) in [6.07, 6.45) is 2.59. The first-order valence-corrected chi connectivity index (χ1v) is 6.01. The maximum absolute atomic E-state index is 14.5. The Morgan fingerprint density at radius 1 is 1.21 bits per heavy atom. The van der Waals surface area contributed by atoms with Crippen molar-refractivity contribution in [3.05, 3.63) is 47.3 Å². The Bertz CT molecular complexity index is 549. The Morgan fingerprint density at radius 3 is 2.58 bits per heavy atom. The van der Waals surface area contributed by atoms with E-state index in [9.17, 15) is 8.78 Å². The summed E-state index contributed by atoms with van der Waals surface area (Å²) >= 11 is 0. The van der Waals surface area contributed by atoms with Gasteiger partial charge in [0.2, 0.25) is 0 Å². The van der Waals surface area contributed by atoms with Crippen LogP contribution in [0.5, 0.6) is 11.5 Å². The monoisotopic (exact) mass is 266 g/mol. The summed E-state index contributed by atoms with van der Waals surface area (Å²) in [6.45, 7) is 3.59. The zero-order valence-corrected chi connectivity index (χ0v) is 11.2. The van der Waals surface area contributed by atoms with Crippen molar-refractivity contribution in [2.24, 2.45) is 0 Å². The summed E-state index contributed by atoms with van der Waals surface area (Å²) in [6, 6.07) is 5.05. The molecule has 1 aromatic carbocycles. The number of ether oxygens (including phenoxy) is 2. The van der Waals surface area contributed by atoms with E-state index in [0.717, 1.165) is 11.6 Å². The molecule has 0 aliphatic heterocycles. The maximum atomic E-state index is 14.5. The minimum atomic E-state index is -2.46. The minimum absolute atomic E-state index is 0.155. The summed E-state index contributed by atoms with van der Waals surface area (Å²) < 4.78 is 38.6. The van der Waals surface area contributed by atoms with E-state index < -0.39 is 11.7 Å². The van der Waals surface area contributed by atoms with Crippen molar-refractivity contribution in [3.63, 3.8) is 0 Å². The van der Waals surface area contributed by atoms with Crippen LogP contribution in [0.2, 0.25) is 0 Å². The molecule has 19 heavy (non-hydrogen) atoms. The first-order chi connectivity index (χ1) is 8.94. The van der Waals surface area contributed by atoms with Gasteiger partial charge in [-0.2, -0.15) is 4.39 Å². The standard InChI is InChI=1S/C15H16F2O2/c1-10-4-5-12(13(8-10)18-3)19-15(17)7-6-11(2)9-14(15)16/h4-6,8-9H,7H2,1-3H3. The third kappa shape index (κ3) is 2.78. The van der Waals surface area contributed by atoms with Crippen molar-refractivity contribution < 1.29 is 18.3 Å². The Kier molecular flexibility index (Phi) is 3.60. The summed E-state index contributed by atoms with van der Waals surface area (Å²) in [7, 11) is 1.46. The van der Waals surface area contributed by atoms with E-state index in [2.05, 4.69) is 0 Å². The second-order valence-corrected chi connectivity index (χ2v) is 4.63. The van der Waals surface area contributed by atoms with E-state index in [1.165, 1.54) is 7.11 Å². The second-order valence-electron chi connectivity index (χ2n) is 4.63. The number of benzene rings is 1. The lowest BCUT2D eigenvalue weighted by atomic mass is 10.0. The molecule has 0 spiro atoms. The van der Waals surface area contributed by atoms with Crippen molar-refractivity contribution in [1.29, 1.82) is 0 Å². The van der Waals surface area contributed by atoms with Gasteiger partial charge in [-0.15, -0.1) is 0 Å². The molecule has 102 valence electrons. The van der Waals surface area contributed by atoms with Crippen molar-refractivity contribution in [3.8, 4) is 11.5 Å². The number of aryl methyl sites for hydroxylation is 1. The Balaban J connectivity index is 2.29. The zero-order valence-electron chi connectivity index (χ0n) is 11.2. The minimum Gasteiger partial charge on any atom is -0.493 e. The molecule has 0 aromatic heterocycles. The average Bonchev–Trinajstić information content (AvgIpc) is 2.37. The van der Waals surface area contributed by atoms with Gasteiger partial charge in [0.25, 0.3) is 0 Å². The van der Waals surface area contributed by atoms with Crippen LogP contribution in [0, 0.1) is 6.92 Å². The number of hydrogen-bond acceptors (Lipinski definition) is 2. The van der Waals surface area contributed by atoms with Crippen LogP contribution in [-0.4, -0.2) is 13.0 Å². The molecule has 0 amide bonds. The SMILES string of the molecule is COc1cc(C)ccc1OC1(F)CC=C(C)C=C1F. The molecule has 0 N–H and O–H groups in total. The van der Waals surface area contributed by atoms with Gasteiger partial charge in [-0.3, -0.25) is 0 Å². The molecule has 0 saturated heterocycles. The fraction of sp³-hybridized carbons (Fsp3) is 0.333. The van der Waals surface area contributed by atoms with E-state index in [0.29, 0.717) is 11.3 Å². The van der Waals surface area contributed by atoms with Gasteiger partial charge in [-0.1, -0.05) is 17.7 Å². The molecule has 0 radical (unpaired) electrons. The van der Waals surface area contributed by atoms with E-state index in [1.54, 1.807) is 31.2 Å². The number of allylic oxidation sites excluding steroid dienone is 2. The maximum Gasteiger partial charge on any atom is 0.303 e. The molecule has 2 rings (SSSR count). The molecule has 0 fully saturated rings. The van der Waals surface area contributed by atoms with Crippen LogP contribution in [0.15, 0.2) is 41.8 Å². The third-order valence-corrected chi connectivity index (χ3v) is 2.99. The molecule has 2 nitrogen and oxygen atoms in total. The molecule has 1 unspecified atom stereocenters. The normalized spacial score (nSPS) is 22.6. The van der Waals surface area contributed by atoms with Gasteiger partial charge in [-0.25, -0.2) is 4.39 Å². The summed E-state index contributed by atoms with van der Waals surface area (Å²) in [4.78, 5) is 0. The van der Waals surface area contributed by atoms with Gasteiger partial charge < -0.3 is 9.47 Å². The van der Waals surface area contributed by atoms with Crippen molar-refractivity contribution in [2.75, 3.05) is 7.11 Å². The smallest absolute Gasteiger partial charge is 0.303 e. The van der Waals surface area contributed by atoms with Gasteiger partial charge >= 0.3 is 5.85 Å². The first-order valence-electron chi connectivity index (χ1n) is 6.01. The highest BCUT2D eigenvalue weighted by Gasteiger charge is 2.39. The molecule has 1 aliphatic carbocycles. The third-order valence-electron chi connectivity index (χ3n) is 2.99. The predicted octanol–water partition coefficient (Wildman–Crippen LogP) is 4.25. The van der Waals surface area contributed by atoms with E-state index in [-0.39, 0.29) is 12.2 Å². The Hall–Kier alpha value is -1.84. The van der Waals surface area contributed by atoms with Crippen LogP contribution in [0.25, 0.3) is 0 Å². The zero-order chi connectivity index (χ0) is 14.0. The molecule has 0 saturated carbocycles. The lowest BCUT2D eigenvalue weighted by molar-refractivity contribution is -0.0450.